The summed E-state index contributed by atoms with van der Waals surface area (Å²) in [4.78, 5) is 5.73. The van der Waals surface area contributed by atoms with Crippen LogP contribution in [0.15, 0.2) is 18.2 Å². The zero-order valence-electron chi connectivity index (χ0n) is 12.7. The minimum Gasteiger partial charge on any atom is -0.383 e. The maximum atomic E-state index is 13.2. The standard InChI is InChI=1S/C14H8ClF6N5/c1-5-4-6(15)2-3-7(5)26-10(22)8-9(13(16,17)18)23-12(14(19,20)21)24-11(8)25-26/h2-4H,22H2,1H3. The van der Waals surface area contributed by atoms with E-state index in [4.69, 9.17) is 17.3 Å². The predicted molar refractivity (Wildman–Crippen MR) is 80.8 cm³/mol. The molecule has 1 aromatic carbocycles. The molecule has 3 rings (SSSR count). The smallest absolute Gasteiger partial charge is 0.383 e. The van der Waals surface area contributed by atoms with E-state index in [0.717, 1.165) is 4.68 Å². The first-order valence-corrected chi connectivity index (χ1v) is 7.24. The lowest BCUT2D eigenvalue weighted by atomic mass is 10.2. The fourth-order valence-corrected chi connectivity index (χ4v) is 2.61. The SMILES string of the molecule is Cc1cc(Cl)ccc1-n1nc2nc(C(F)(F)F)nc(C(F)(F)F)c2c1N. The van der Waals surface area contributed by atoms with Gasteiger partial charge in [-0.3, -0.25) is 0 Å². The first kappa shape index (κ1) is 18.2. The van der Waals surface area contributed by atoms with Gasteiger partial charge >= 0.3 is 12.4 Å². The summed E-state index contributed by atoms with van der Waals surface area (Å²) in [6.07, 6.45) is -10.4. The molecule has 0 fully saturated rings. The second-order valence-electron chi connectivity index (χ2n) is 5.32. The van der Waals surface area contributed by atoms with Crippen molar-refractivity contribution in [3.63, 3.8) is 0 Å². The van der Waals surface area contributed by atoms with Crippen LogP contribution < -0.4 is 5.73 Å². The highest BCUT2D eigenvalue weighted by Gasteiger charge is 2.43. The number of rotatable bonds is 1. The summed E-state index contributed by atoms with van der Waals surface area (Å²) in [6, 6.07) is 4.36. The number of aromatic nitrogens is 4. The molecule has 26 heavy (non-hydrogen) atoms. The van der Waals surface area contributed by atoms with E-state index in [0.29, 0.717) is 10.6 Å². The lowest BCUT2D eigenvalue weighted by Crippen LogP contribution is -2.17. The van der Waals surface area contributed by atoms with Crippen LogP contribution in [0, 0.1) is 6.92 Å². The number of alkyl halides is 6. The first-order valence-electron chi connectivity index (χ1n) is 6.86. The summed E-state index contributed by atoms with van der Waals surface area (Å²) >= 11 is 5.82. The van der Waals surface area contributed by atoms with E-state index in [1.54, 1.807) is 6.92 Å². The van der Waals surface area contributed by atoms with E-state index in [-0.39, 0.29) is 5.69 Å². The van der Waals surface area contributed by atoms with Crippen LogP contribution in [0.25, 0.3) is 16.7 Å². The van der Waals surface area contributed by atoms with Gasteiger partial charge in [-0.1, -0.05) is 11.6 Å². The molecular weight excluding hydrogens is 388 g/mol. The van der Waals surface area contributed by atoms with Gasteiger partial charge in [0.2, 0.25) is 5.82 Å². The van der Waals surface area contributed by atoms with Crippen LogP contribution in [0.3, 0.4) is 0 Å². The van der Waals surface area contributed by atoms with Crippen molar-refractivity contribution in [2.75, 3.05) is 5.73 Å². The number of hydrogen-bond donors (Lipinski definition) is 1. The lowest BCUT2D eigenvalue weighted by Gasteiger charge is -2.11. The topological polar surface area (TPSA) is 69.6 Å². The van der Waals surface area contributed by atoms with E-state index >= 15 is 0 Å². The average molecular weight is 396 g/mol. The van der Waals surface area contributed by atoms with Crippen LogP contribution in [-0.2, 0) is 12.4 Å². The monoisotopic (exact) mass is 395 g/mol. The Hall–Kier alpha value is -2.56. The van der Waals surface area contributed by atoms with Gasteiger partial charge in [0.25, 0.3) is 0 Å². The van der Waals surface area contributed by atoms with Gasteiger partial charge in [-0.15, -0.1) is 5.10 Å². The summed E-state index contributed by atoms with van der Waals surface area (Å²) in [5.41, 5.74) is 3.86. The molecule has 2 heterocycles. The third-order valence-electron chi connectivity index (χ3n) is 3.48. The van der Waals surface area contributed by atoms with E-state index in [9.17, 15) is 26.3 Å². The highest BCUT2D eigenvalue weighted by Crippen LogP contribution is 2.38. The van der Waals surface area contributed by atoms with Gasteiger partial charge in [0.1, 0.15) is 5.82 Å². The van der Waals surface area contributed by atoms with Crippen molar-refractivity contribution in [1.82, 2.24) is 19.7 Å². The van der Waals surface area contributed by atoms with Crippen LogP contribution in [-0.4, -0.2) is 19.7 Å². The van der Waals surface area contributed by atoms with Crippen molar-refractivity contribution < 1.29 is 26.3 Å². The molecule has 0 bridgehead atoms. The predicted octanol–water partition coefficient (Wildman–Crippen LogP) is 4.40. The van der Waals surface area contributed by atoms with Gasteiger partial charge in [-0.25, -0.2) is 14.6 Å². The largest absolute Gasteiger partial charge is 0.451 e. The van der Waals surface area contributed by atoms with E-state index in [2.05, 4.69) is 15.1 Å². The number of benzene rings is 1. The van der Waals surface area contributed by atoms with Crippen molar-refractivity contribution >= 4 is 28.5 Å². The molecule has 0 amide bonds. The van der Waals surface area contributed by atoms with Crippen LogP contribution in [0.2, 0.25) is 5.02 Å². The zero-order chi connectivity index (χ0) is 19.4. The summed E-state index contributed by atoms with van der Waals surface area (Å²) in [6.45, 7) is 1.59. The maximum Gasteiger partial charge on any atom is 0.451 e. The third kappa shape index (κ3) is 3.02. The molecule has 0 aliphatic heterocycles. The third-order valence-corrected chi connectivity index (χ3v) is 3.71. The normalized spacial score (nSPS) is 12.8. The fraction of sp³-hybridized carbons (Fsp3) is 0.214. The van der Waals surface area contributed by atoms with Crippen molar-refractivity contribution in [2.45, 2.75) is 19.3 Å². The highest BCUT2D eigenvalue weighted by atomic mass is 35.5. The number of fused-ring (bicyclic) bond motifs is 1. The molecule has 2 N–H and O–H groups in total. The van der Waals surface area contributed by atoms with Crippen molar-refractivity contribution in [3.8, 4) is 5.69 Å². The zero-order valence-corrected chi connectivity index (χ0v) is 13.5. The molecule has 138 valence electrons. The van der Waals surface area contributed by atoms with Gasteiger partial charge in [0.05, 0.1) is 11.1 Å². The molecule has 2 aromatic heterocycles. The summed E-state index contributed by atoms with van der Waals surface area (Å²) in [7, 11) is 0. The second-order valence-corrected chi connectivity index (χ2v) is 5.75. The number of nitrogen functional groups attached to an aromatic ring is 1. The van der Waals surface area contributed by atoms with Crippen LogP contribution >= 0.6 is 11.6 Å². The lowest BCUT2D eigenvalue weighted by molar-refractivity contribution is -0.151. The van der Waals surface area contributed by atoms with Gasteiger partial charge in [-0.05, 0) is 30.7 Å². The quantitative estimate of drug-likeness (QED) is 0.620. The average Bonchev–Trinajstić information content (AvgIpc) is 2.81. The molecule has 0 radical (unpaired) electrons. The number of hydrogen-bond acceptors (Lipinski definition) is 4. The Morgan fingerprint density at radius 1 is 1.04 bits per heavy atom. The maximum absolute atomic E-state index is 13.2. The molecule has 12 heteroatoms. The molecule has 0 spiro atoms. The Kier molecular flexibility index (Phi) is 4.02. The number of halogens is 7. The second kappa shape index (κ2) is 5.73. The summed E-state index contributed by atoms with van der Waals surface area (Å²) < 4.78 is 79.2. The Bertz CT molecular complexity index is 1010. The van der Waals surface area contributed by atoms with Gasteiger partial charge in [0.15, 0.2) is 11.3 Å². The molecule has 0 saturated heterocycles. The summed E-state index contributed by atoms with van der Waals surface area (Å²) in [5.74, 6) is -2.48. The molecule has 3 aromatic rings. The Balaban J connectivity index is 2.38. The molecule has 5 nitrogen and oxygen atoms in total. The van der Waals surface area contributed by atoms with Gasteiger partial charge < -0.3 is 5.73 Å². The Morgan fingerprint density at radius 2 is 1.69 bits per heavy atom. The van der Waals surface area contributed by atoms with Crippen molar-refractivity contribution in [2.24, 2.45) is 0 Å². The molecular formula is C14H8ClF6N5. The fourth-order valence-electron chi connectivity index (χ4n) is 2.38. The minimum atomic E-state index is -5.18. The molecule has 0 saturated carbocycles. The number of nitrogens with two attached hydrogens (primary N) is 1. The Morgan fingerprint density at radius 3 is 2.23 bits per heavy atom. The van der Waals surface area contributed by atoms with Crippen LogP contribution in [0.1, 0.15) is 17.1 Å². The summed E-state index contributed by atoms with van der Waals surface area (Å²) in [5, 5.41) is 3.27. The molecule has 0 aliphatic carbocycles. The Labute approximate surface area is 146 Å². The first-order chi connectivity index (χ1) is 11.9. The number of nitrogens with zero attached hydrogens (tertiary/aromatic N) is 4. The van der Waals surface area contributed by atoms with Crippen LogP contribution in [0.4, 0.5) is 32.2 Å². The number of anilines is 1. The minimum absolute atomic E-state index is 0.242. The molecule has 0 unspecified atom stereocenters. The van der Waals surface area contributed by atoms with E-state index in [1.807, 2.05) is 0 Å². The number of aryl methyl sites for hydroxylation is 1. The van der Waals surface area contributed by atoms with E-state index in [1.165, 1.54) is 18.2 Å². The van der Waals surface area contributed by atoms with Gasteiger partial charge in [-0.2, -0.15) is 26.3 Å². The van der Waals surface area contributed by atoms with E-state index < -0.39 is 40.7 Å². The van der Waals surface area contributed by atoms with Gasteiger partial charge in [0, 0.05) is 5.02 Å². The molecule has 0 atom stereocenters. The molecule has 0 aliphatic rings. The van der Waals surface area contributed by atoms with Crippen molar-refractivity contribution in [3.05, 3.63) is 40.3 Å². The highest BCUT2D eigenvalue weighted by molar-refractivity contribution is 6.30. The van der Waals surface area contributed by atoms with Crippen molar-refractivity contribution in [1.29, 1.82) is 0 Å². The van der Waals surface area contributed by atoms with Crippen LogP contribution in [0.5, 0.6) is 0 Å².